The van der Waals surface area contributed by atoms with Gasteiger partial charge >= 0.3 is 0 Å². The molecule has 0 spiro atoms. The monoisotopic (exact) mass is 292 g/mol. The number of nitrogens with two attached hydrogens (primary N) is 1. The molecule has 9 heteroatoms. The van der Waals surface area contributed by atoms with Crippen LogP contribution in [-0.2, 0) is 14.8 Å². The van der Waals surface area contributed by atoms with Gasteiger partial charge in [0.05, 0.1) is 5.60 Å². The summed E-state index contributed by atoms with van der Waals surface area (Å²) in [5.41, 5.74) is 4.98. The second-order valence-corrected chi connectivity index (χ2v) is 7.62. The van der Waals surface area contributed by atoms with Gasteiger partial charge in [0.25, 0.3) is 10.0 Å². The van der Waals surface area contributed by atoms with Crippen LogP contribution in [0.2, 0.25) is 0 Å². The quantitative estimate of drug-likeness (QED) is 0.861. The molecule has 102 valence electrons. The first-order valence-corrected chi connectivity index (χ1v) is 7.77. The average Bonchev–Trinajstić information content (AvgIpc) is 2.77. The molecule has 1 aromatic heterocycles. The summed E-state index contributed by atoms with van der Waals surface area (Å²) in [5.74, 6) is 0. The fourth-order valence-corrected chi connectivity index (χ4v) is 4.48. The summed E-state index contributed by atoms with van der Waals surface area (Å²) in [6.45, 7) is 2.70. The Morgan fingerprint density at radius 2 is 2.22 bits per heavy atom. The third kappa shape index (κ3) is 2.48. The first-order chi connectivity index (χ1) is 8.37. The lowest BCUT2D eigenvalue weighted by atomic mass is 9.96. The molecule has 7 nitrogen and oxygen atoms in total. The van der Waals surface area contributed by atoms with Crippen LogP contribution in [0, 0.1) is 0 Å². The predicted octanol–water partition coefficient (Wildman–Crippen LogP) is 0.310. The second-order valence-electron chi connectivity index (χ2n) is 4.50. The Morgan fingerprint density at radius 1 is 1.50 bits per heavy atom. The first kappa shape index (κ1) is 13.7. The summed E-state index contributed by atoms with van der Waals surface area (Å²) in [4.78, 5) is 0. The number of ether oxygens (including phenoxy) is 1. The van der Waals surface area contributed by atoms with Crippen LogP contribution in [-0.4, -0.2) is 48.7 Å². The Morgan fingerprint density at radius 3 is 2.78 bits per heavy atom. The van der Waals surface area contributed by atoms with Gasteiger partial charge in [-0.05, 0) is 19.8 Å². The number of hydrogen-bond acceptors (Lipinski definition) is 7. The van der Waals surface area contributed by atoms with Crippen molar-refractivity contribution in [1.29, 1.82) is 0 Å². The van der Waals surface area contributed by atoms with E-state index in [0.29, 0.717) is 13.1 Å². The molecule has 2 rings (SSSR count). The van der Waals surface area contributed by atoms with Gasteiger partial charge in [-0.25, -0.2) is 8.42 Å². The van der Waals surface area contributed by atoms with Crippen molar-refractivity contribution in [3.05, 3.63) is 0 Å². The molecular formula is C9H16N4O3S2. The van der Waals surface area contributed by atoms with Crippen molar-refractivity contribution < 1.29 is 13.2 Å². The van der Waals surface area contributed by atoms with E-state index < -0.39 is 15.6 Å². The van der Waals surface area contributed by atoms with E-state index >= 15 is 0 Å². The third-order valence-corrected chi connectivity index (χ3v) is 6.04. The van der Waals surface area contributed by atoms with Gasteiger partial charge in [-0.1, -0.05) is 11.3 Å². The van der Waals surface area contributed by atoms with Crippen LogP contribution in [0.15, 0.2) is 4.34 Å². The minimum Gasteiger partial charge on any atom is -0.377 e. The molecule has 2 heterocycles. The normalized spacial score (nSPS) is 26.3. The lowest BCUT2D eigenvalue weighted by molar-refractivity contribution is -0.0319. The average molecular weight is 292 g/mol. The van der Waals surface area contributed by atoms with Crippen LogP contribution in [0.1, 0.15) is 19.8 Å². The van der Waals surface area contributed by atoms with E-state index in [9.17, 15) is 8.42 Å². The number of rotatable bonds is 3. The zero-order valence-electron chi connectivity index (χ0n) is 10.3. The molecule has 1 aliphatic heterocycles. The van der Waals surface area contributed by atoms with Gasteiger partial charge in [-0.2, -0.15) is 4.31 Å². The molecule has 0 bridgehead atoms. The number of piperidine rings is 1. The summed E-state index contributed by atoms with van der Waals surface area (Å²) in [5, 5.41) is 7.31. The second kappa shape index (κ2) is 4.72. The Kier molecular flexibility index (Phi) is 3.58. The molecule has 1 aromatic rings. The molecule has 18 heavy (non-hydrogen) atoms. The van der Waals surface area contributed by atoms with Gasteiger partial charge in [0, 0.05) is 20.2 Å². The van der Waals surface area contributed by atoms with Gasteiger partial charge in [-0.3, -0.25) is 0 Å². The predicted molar refractivity (Wildman–Crippen MR) is 67.7 cm³/mol. The molecule has 0 radical (unpaired) electrons. The van der Waals surface area contributed by atoms with Crippen molar-refractivity contribution in [1.82, 2.24) is 14.5 Å². The number of nitrogen functional groups attached to an aromatic ring is 1. The fraction of sp³-hybridized carbons (Fsp3) is 0.778. The van der Waals surface area contributed by atoms with E-state index in [0.717, 1.165) is 24.2 Å². The molecular weight excluding hydrogens is 276 g/mol. The van der Waals surface area contributed by atoms with Gasteiger partial charge < -0.3 is 10.5 Å². The highest BCUT2D eigenvalue weighted by molar-refractivity contribution is 7.91. The summed E-state index contributed by atoms with van der Waals surface area (Å²) in [7, 11) is -2.01. The fourth-order valence-electron chi connectivity index (χ4n) is 1.97. The SMILES string of the molecule is COC1(C)CCCN(S(=O)(=O)c2nnc(N)s2)C1. The number of nitrogens with zero attached hydrogens (tertiary/aromatic N) is 3. The van der Waals surface area contributed by atoms with Crippen molar-refractivity contribution >= 4 is 26.5 Å². The third-order valence-electron chi connectivity index (χ3n) is 3.10. The molecule has 1 saturated heterocycles. The van der Waals surface area contributed by atoms with E-state index in [1.165, 1.54) is 4.31 Å². The van der Waals surface area contributed by atoms with Crippen molar-refractivity contribution in [2.24, 2.45) is 0 Å². The lowest BCUT2D eigenvalue weighted by Gasteiger charge is -2.38. The van der Waals surface area contributed by atoms with E-state index in [1.54, 1.807) is 7.11 Å². The van der Waals surface area contributed by atoms with Gasteiger partial charge in [0.2, 0.25) is 9.47 Å². The van der Waals surface area contributed by atoms with Crippen LogP contribution in [0.4, 0.5) is 5.13 Å². The summed E-state index contributed by atoms with van der Waals surface area (Å²) in [6, 6.07) is 0. The number of aromatic nitrogens is 2. The van der Waals surface area contributed by atoms with Crippen LogP contribution in [0.3, 0.4) is 0 Å². The summed E-state index contributed by atoms with van der Waals surface area (Å²) in [6.07, 6.45) is 1.60. The van der Waals surface area contributed by atoms with Crippen molar-refractivity contribution in [2.45, 2.75) is 29.7 Å². The highest BCUT2D eigenvalue weighted by Crippen LogP contribution is 2.29. The van der Waals surface area contributed by atoms with Crippen LogP contribution in [0.5, 0.6) is 0 Å². The Labute approximate surface area is 110 Å². The Hall–Kier alpha value is -0.770. The highest BCUT2D eigenvalue weighted by atomic mass is 32.2. The molecule has 1 unspecified atom stereocenters. The maximum absolute atomic E-state index is 12.3. The van der Waals surface area contributed by atoms with Crippen LogP contribution < -0.4 is 5.73 Å². The summed E-state index contributed by atoms with van der Waals surface area (Å²) < 4.78 is 31.4. The number of hydrogen-bond donors (Lipinski definition) is 1. The molecule has 1 fully saturated rings. The molecule has 0 aliphatic carbocycles. The smallest absolute Gasteiger partial charge is 0.272 e. The van der Waals surface area contributed by atoms with Crippen molar-refractivity contribution in [3.63, 3.8) is 0 Å². The van der Waals surface area contributed by atoms with Crippen molar-refractivity contribution in [2.75, 3.05) is 25.9 Å². The number of methoxy groups -OCH3 is 1. The van der Waals surface area contributed by atoms with Gasteiger partial charge in [0.1, 0.15) is 0 Å². The zero-order valence-corrected chi connectivity index (χ0v) is 11.9. The molecule has 1 atom stereocenters. The molecule has 0 amide bonds. The maximum Gasteiger partial charge on any atom is 0.272 e. The number of anilines is 1. The van der Waals surface area contributed by atoms with Gasteiger partial charge in [-0.15, -0.1) is 10.2 Å². The standard InChI is InChI=1S/C9H16N4O3S2/c1-9(16-2)4-3-5-13(6-9)18(14,15)8-12-11-7(10)17-8/h3-6H2,1-2H3,(H2,10,11). The Bertz CT molecular complexity index is 530. The first-order valence-electron chi connectivity index (χ1n) is 5.52. The topological polar surface area (TPSA) is 98.4 Å². The largest absolute Gasteiger partial charge is 0.377 e. The molecule has 0 saturated carbocycles. The van der Waals surface area contributed by atoms with Gasteiger partial charge in [0.15, 0.2) is 0 Å². The minimum absolute atomic E-state index is 0.0552. The summed E-state index contributed by atoms with van der Waals surface area (Å²) >= 11 is 0.881. The Balaban J connectivity index is 2.25. The maximum atomic E-state index is 12.3. The van der Waals surface area contributed by atoms with Crippen LogP contribution in [0.25, 0.3) is 0 Å². The zero-order chi connectivity index (χ0) is 13.4. The van der Waals surface area contributed by atoms with Crippen molar-refractivity contribution in [3.8, 4) is 0 Å². The van der Waals surface area contributed by atoms with E-state index in [2.05, 4.69) is 10.2 Å². The van der Waals surface area contributed by atoms with E-state index in [-0.39, 0.29) is 9.47 Å². The minimum atomic E-state index is -3.60. The van der Waals surface area contributed by atoms with E-state index in [1.807, 2.05) is 6.92 Å². The van der Waals surface area contributed by atoms with E-state index in [4.69, 9.17) is 10.5 Å². The molecule has 2 N–H and O–H groups in total. The highest BCUT2D eigenvalue weighted by Gasteiger charge is 2.38. The number of sulfonamides is 1. The lowest BCUT2D eigenvalue weighted by Crippen LogP contribution is -2.49. The van der Waals surface area contributed by atoms with Crippen LogP contribution >= 0.6 is 11.3 Å². The molecule has 1 aliphatic rings. The molecule has 0 aromatic carbocycles.